The van der Waals surface area contributed by atoms with Crippen molar-refractivity contribution in [3.05, 3.63) is 65.2 Å². The van der Waals surface area contributed by atoms with Crippen LogP contribution in [0.2, 0.25) is 0 Å². The first kappa shape index (κ1) is 35.7. The van der Waals surface area contributed by atoms with E-state index in [9.17, 15) is 28.8 Å². The second kappa shape index (κ2) is 18.3. The van der Waals surface area contributed by atoms with Gasteiger partial charge in [0.05, 0.1) is 32.5 Å². The molecule has 46 heavy (non-hydrogen) atoms. The maximum Gasteiger partial charge on any atom is 0.339 e. The van der Waals surface area contributed by atoms with Crippen molar-refractivity contribution in [3.8, 4) is 0 Å². The molecule has 1 aliphatic carbocycles. The van der Waals surface area contributed by atoms with Gasteiger partial charge < -0.3 is 35.9 Å². The lowest BCUT2D eigenvalue weighted by molar-refractivity contribution is -0.146. The van der Waals surface area contributed by atoms with E-state index in [1.807, 2.05) is 30.3 Å². The number of carbonyl (C=O) groups is 6. The Morgan fingerprint density at radius 2 is 1.65 bits per heavy atom. The molecular formula is C33H42N4O9. The van der Waals surface area contributed by atoms with Gasteiger partial charge in [-0.1, -0.05) is 62.4 Å². The lowest BCUT2D eigenvalue weighted by Crippen LogP contribution is -2.56. The maximum atomic E-state index is 13.7. The number of benzene rings is 2. The quantitative estimate of drug-likeness (QED) is 0.120. The number of nitrogens with two attached hydrogens (primary N) is 1. The molecule has 3 amide bonds. The molecular weight excluding hydrogens is 596 g/mol. The van der Waals surface area contributed by atoms with Gasteiger partial charge in [0.25, 0.3) is 11.8 Å². The normalized spacial score (nSPS) is 14.3. The van der Waals surface area contributed by atoms with Crippen LogP contribution in [-0.4, -0.2) is 74.4 Å². The van der Waals surface area contributed by atoms with Gasteiger partial charge in [-0.2, -0.15) is 0 Å². The third-order valence-corrected chi connectivity index (χ3v) is 7.59. The van der Waals surface area contributed by atoms with Crippen LogP contribution >= 0.6 is 0 Å². The predicted octanol–water partition coefficient (Wildman–Crippen LogP) is 2.07. The summed E-state index contributed by atoms with van der Waals surface area (Å²) >= 11 is 0. The topological polar surface area (TPSA) is 192 Å². The third kappa shape index (κ3) is 11.0. The van der Waals surface area contributed by atoms with Gasteiger partial charge >= 0.3 is 11.9 Å². The fourth-order valence-electron chi connectivity index (χ4n) is 5.16. The number of carbonyl (C=O) groups excluding carboxylic acids is 6. The molecule has 2 atom stereocenters. The summed E-state index contributed by atoms with van der Waals surface area (Å²) in [4.78, 5) is 76.6. The number of rotatable bonds is 16. The lowest BCUT2D eigenvalue weighted by Gasteiger charge is -2.28. The van der Waals surface area contributed by atoms with Crippen molar-refractivity contribution in [2.45, 2.75) is 64.1 Å². The Balaban J connectivity index is 1.79. The average molecular weight is 639 g/mol. The summed E-state index contributed by atoms with van der Waals surface area (Å²) in [5, 5.41) is 7.55. The van der Waals surface area contributed by atoms with Gasteiger partial charge in [-0.05, 0) is 43.0 Å². The number of nitrogens with one attached hydrogen (secondary N) is 3. The van der Waals surface area contributed by atoms with Gasteiger partial charge in [0.2, 0.25) is 11.7 Å². The molecule has 0 aliphatic heterocycles. The molecule has 2 aromatic carbocycles. The number of ketones is 1. The number of methoxy groups -OCH3 is 1. The second-order valence-electron chi connectivity index (χ2n) is 11.0. The molecule has 0 aromatic heterocycles. The summed E-state index contributed by atoms with van der Waals surface area (Å²) in [5.74, 6) is -4.66. The van der Waals surface area contributed by atoms with Gasteiger partial charge in [0, 0.05) is 11.3 Å². The molecule has 0 bridgehead atoms. The van der Waals surface area contributed by atoms with Crippen LogP contribution in [0.4, 0.5) is 5.69 Å². The molecule has 0 spiro atoms. The lowest BCUT2D eigenvalue weighted by atomic mass is 9.84. The highest BCUT2D eigenvalue weighted by atomic mass is 16.5. The minimum absolute atomic E-state index is 0.0304. The number of anilines is 1. The van der Waals surface area contributed by atoms with Crippen LogP contribution in [0, 0.1) is 5.92 Å². The number of Topliss-reactive ketones (excluding diaryl/α,β-unsaturated/α-hetero) is 1. The Hall–Kier alpha value is -4.78. The number of esters is 2. The van der Waals surface area contributed by atoms with Crippen molar-refractivity contribution >= 4 is 41.1 Å². The molecule has 13 heteroatoms. The number of amides is 3. The zero-order chi connectivity index (χ0) is 33.5. The first-order chi connectivity index (χ1) is 22.1. The molecule has 5 N–H and O–H groups in total. The van der Waals surface area contributed by atoms with Crippen molar-refractivity contribution in [1.82, 2.24) is 16.0 Å². The molecule has 3 rings (SSSR count). The molecule has 0 heterocycles. The van der Waals surface area contributed by atoms with Crippen LogP contribution in [0.1, 0.15) is 71.7 Å². The van der Waals surface area contributed by atoms with E-state index >= 15 is 0 Å². The average Bonchev–Trinajstić information content (AvgIpc) is 3.06. The van der Waals surface area contributed by atoms with Gasteiger partial charge in [0.1, 0.15) is 18.6 Å². The van der Waals surface area contributed by atoms with E-state index in [-0.39, 0.29) is 42.6 Å². The minimum atomic E-state index is -1.42. The largest absolute Gasteiger partial charge is 0.465 e. The van der Waals surface area contributed by atoms with Crippen LogP contribution in [0.15, 0.2) is 48.5 Å². The van der Waals surface area contributed by atoms with Crippen molar-refractivity contribution in [2.75, 3.05) is 32.6 Å². The molecule has 248 valence electrons. The summed E-state index contributed by atoms with van der Waals surface area (Å²) in [7, 11) is 1.21. The van der Waals surface area contributed by atoms with Crippen LogP contribution in [0.25, 0.3) is 0 Å². The maximum absolute atomic E-state index is 13.7. The predicted molar refractivity (Wildman–Crippen MR) is 167 cm³/mol. The van der Waals surface area contributed by atoms with Gasteiger partial charge in [-0.25, -0.2) is 4.79 Å². The third-order valence-electron chi connectivity index (χ3n) is 7.59. The Kier molecular flexibility index (Phi) is 14.2. The zero-order valence-electron chi connectivity index (χ0n) is 26.2. The van der Waals surface area contributed by atoms with E-state index in [4.69, 9.17) is 19.9 Å². The van der Waals surface area contributed by atoms with Crippen LogP contribution in [0.3, 0.4) is 0 Å². The molecule has 1 fully saturated rings. The zero-order valence-corrected chi connectivity index (χ0v) is 26.2. The fraction of sp³-hybridized carbons (Fsp3) is 0.455. The van der Waals surface area contributed by atoms with E-state index < -0.39 is 54.1 Å². The van der Waals surface area contributed by atoms with Gasteiger partial charge in [-0.15, -0.1) is 0 Å². The summed E-state index contributed by atoms with van der Waals surface area (Å²) in [5.41, 5.74) is 7.02. The van der Waals surface area contributed by atoms with E-state index in [0.29, 0.717) is 6.42 Å². The highest BCUT2D eigenvalue weighted by Crippen LogP contribution is 2.27. The Labute approximate surface area is 267 Å². The van der Waals surface area contributed by atoms with E-state index in [1.165, 1.54) is 25.3 Å². The van der Waals surface area contributed by atoms with Crippen molar-refractivity contribution < 1.29 is 43.0 Å². The van der Waals surface area contributed by atoms with Crippen molar-refractivity contribution in [1.29, 1.82) is 0 Å². The highest BCUT2D eigenvalue weighted by molar-refractivity contribution is 6.38. The van der Waals surface area contributed by atoms with E-state index in [0.717, 1.165) is 37.7 Å². The smallest absolute Gasteiger partial charge is 0.339 e. The summed E-state index contributed by atoms with van der Waals surface area (Å²) < 4.78 is 15.2. The second-order valence-corrected chi connectivity index (χ2v) is 11.0. The molecule has 1 unspecified atom stereocenters. The summed E-state index contributed by atoms with van der Waals surface area (Å²) in [6, 6.07) is 10.7. The molecule has 13 nitrogen and oxygen atoms in total. The number of hydrogen-bond acceptors (Lipinski definition) is 10. The van der Waals surface area contributed by atoms with E-state index in [1.54, 1.807) is 6.92 Å². The molecule has 2 aromatic rings. The summed E-state index contributed by atoms with van der Waals surface area (Å²) in [6.07, 6.45) is 5.12. The molecule has 0 saturated heterocycles. The summed E-state index contributed by atoms with van der Waals surface area (Å²) in [6.45, 7) is 0.945. The number of ether oxygens (including phenoxy) is 3. The standard InChI is InChI=1S/C33H42N4O9/c1-3-46-28(38)18-35-32(42)29(39)27(20-45-19-22-12-8-5-9-13-22)37-31(41)26(16-21-10-6-4-7-11-21)36-30(40)23-14-15-24(25(34)17-23)33(43)44-2/h5,8-9,12-15,17,21,26-27H,3-4,6-7,10-11,16,18-20,34H2,1-2H3,(H,35,42)(H,36,40)(H,37,41)/t26-,27?/m0/s1. The van der Waals surface area contributed by atoms with Crippen molar-refractivity contribution in [2.24, 2.45) is 5.92 Å². The fourth-order valence-corrected chi connectivity index (χ4v) is 5.16. The van der Waals surface area contributed by atoms with Gasteiger partial charge in [0.15, 0.2) is 0 Å². The SMILES string of the molecule is CCOC(=O)CNC(=O)C(=O)C(COCc1ccccc1)NC(=O)[C@H](CC1CCCCC1)NC(=O)c1ccc(C(=O)OC)c(N)c1. The van der Waals surface area contributed by atoms with Crippen molar-refractivity contribution in [3.63, 3.8) is 0 Å². The Bertz CT molecular complexity index is 1380. The van der Waals surface area contributed by atoms with Crippen LogP contribution in [-0.2, 0) is 40.0 Å². The number of hydrogen-bond donors (Lipinski definition) is 4. The molecule has 0 radical (unpaired) electrons. The highest BCUT2D eigenvalue weighted by Gasteiger charge is 2.32. The minimum Gasteiger partial charge on any atom is -0.465 e. The molecule has 1 aliphatic rings. The Morgan fingerprint density at radius 1 is 0.935 bits per heavy atom. The first-order valence-electron chi connectivity index (χ1n) is 15.3. The first-order valence-corrected chi connectivity index (χ1v) is 15.3. The Morgan fingerprint density at radius 3 is 2.30 bits per heavy atom. The van der Waals surface area contributed by atoms with E-state index in [2.05, 4.69) is 16.0 Å². The van der Waals surface area contributed by atoms with Gasteiger partial charge in [-0.3, -0.25) is 24.0 Å². The van der Waals surface area contributed by atoms with Crippen LogP contribution < -0.4 is 21.7 Å². The monoisotopic (exact) mass is 638 g/mol. The molecule has 1 saturated carbocycles. The number of nitrogen functional groups attached to an aromatic ring is 1. The van der Waals surface area contributed by atoms with Crippen LogP contribution in [0.5, 0.6) is 0 Å².